The molecule has 3 amide bonds. The molecule has 6 rings (SSSR count). The van der Waals surface area contributed by atoms with Crippen molar-refractivity contribution in [3.05, 3.63) is 47.5 Å². The summed E-state index contributed by atoms with van der Waals surface area (Å²) in [6.45, 7) is 5.25. The van der Waals surface area contributed by atoms with Crippen LogP contribution in [-0.2, 0) is 14.8 Å². The van der Waals surface area contributed by atoms with Gasteiger partial charge in [0.15, 0.2) is 10.6 Å². The molecule has 0 bridgehead atoms. The van der Waals surface area contributed by atoms with Gasteiger partial charge in [0.05, 0.1) is 0 Å². The van der Waals surface area contributed by atoms with Crippen molar-refractivity contribution in [2.75, 3.05) is 18.0 Å². The summed E-state index contributed by atoms with van der Waals surface area (Å²) in [4.78, 5) is 32.1. The van der Waals surface area contributed by atoms with Gasteiger partial charge in [-0.25, -0.2) is 14.5 Å². The van der Waals surface area contributed by atoms with E-state index in [2.05, 4.69) is 32.5 Å². The van der Waals surface area contributed by atoms with Crippen LogP contribution >= 0.6 is 0 Å². The molecule has 4 fully saturated rings. The molecule has 0 unspecified atom stereocenters. The first-order valence-corrected chi connectivity index (χ1v) is 17.2. The average molecular weight is 610 g/mol. The van der Waals surface area contributed by atoms with Gasteiger partial charge in [-0.1, -0.05) is 37.5 Å². The summed E-state index contributed by atoms with van der Waals surface area (Å²) < 4.78 is 35.4. The number of carbonyl (C=O) groups excluding carboxylic acids is 2. The van der Waals surface area contributed by atoms with E-state index in [9.17, 15) is 18.0 Å². The van der Waals surface area contributed by atoms with Crippen molar-refractivity contribution in [1.29, 1.82) is 0 Å². The predicted octanol–water partition coefficient (Wildman–Crippen LogP) is 4.67. The fraction of sp³-hybridized carbons (Fsp3) is 0.594. The van der Waals surface area contributed by atoms with Crippen molar-refractivity contribution < 1.29 is 22.7 Å². The number of ether oxygens (including phenoxy) is 1. The van der Waals surface area contributed by atoms with E-state index in [1.54, 1.807) is 12.1 Å². The van der Waals surface area contributed by atoms with E-state index in [0.29, 0.717) is 62.3 Å². The van der Waals surface area contributed by atoms with Crippen molar-refractivity contribution >= 4 is 27.8 Å². The number of hydrogen-bond donors (Lipinski definition) is 3. The van der Waals surface area contributed by atoms with Crippen molar-refractivity contribution in [2.24, 2.45) is 0 Å². The number of hydrogen-bond acceptors (Lipinski definition) is 7. The van der Waals surface area contributed by atoms with E-state index >= 15 is 0 Å². The molecule has 1 saturated heterocycles. The lowest BCUT2D eigenvalue weighted by Crippen LogP contribution is -2.56. The summed E-state index contributed by atoms with van der Waals surface area (Å²) in [5.74, 6) is 0.949. The molecule has 3 saturated carbocycles. The Kier molecular flexibility index (Phi) is 8.04. The third-order valence-corrected chi connectivity index (χ3v) is 10.6. The van der Waals surface area contributed by atoms with Gasteiger partial charge in [0, 0.05) is 37.5 Å². The Morgan fingerprint density at radius 2 is 1.70 bits per heavy atom. The maximum atomic E-state index is 13.4. The van der Waals surface area contributed by atoms with E-state index in [0.717, 1.165) is 36.8 Å². The van der Waals surface area contributed by atoms with Gasteiger partial charge in [0.2, 0.25) is 0 Å². The van der Waals surface area contributed by atoms with Gasteiger partial charge in [0.1, 0.15) is 11.6 Å². The molecule has 11 heteroatoms. The minimum absolute atomic E-state index is 0.134. The summed E-state index contributed by atoms with van der Waals surface area (Å²) in [6.07, 6.45) is 10.2. The zero-order valence-corrected chi connectivity index (χ0v) is 26.0. The Labute approximate surface area is 254 Å². The Morgan fingerprint density at radius 1 is 0.977 bits per heavy atom. The number of pyridine rings is 1. The van der Waals surface area contributed by atoms with Crippen LogP contribution in [0.3, 0.4) is 0 Å². The largest absolute Gasteiger partial charge is 0.477 e. The van der Waals surface area contributed by atoms with Crippen molar-refractivity contribution in [3.8, 4) is 5.75 Å². The van der Waals surface area contributed by atoms with Crippen molar-refractivity contribution in [3.63, 3.8) is 0 Å². The number of benzene rings is 1. The normalized spacial score (nSPS) is 21.5. The van der Waals surface area contributed by atoms with E-state index in [1.807, 2.05) is 24.8 Å². The zero-order chi connectivity index (χ0) is 30.2. The van der Waals surface area contributed by atoms with E-state index in [1.165, 1.54) is 25.3 Å². The molecule has 1 aromatic carbocycles. The topological polar surface area (TPSA) is 130 Å². The molecular formula is C32H43N5O5S. The molecule has 232 valence electrons. The lowest BCUT2D eigenvalue weighted by molar-refractivity contribution is -0.128. The molecule has 1 aromatic heterocycles. The average Bonchev–Trinajstić information content (AvgIpc) is 3.92. The first kappa shape index (κ1) is 29.7. The SMILES string of the molecule is Cc1ccc(C2CCCCC2)c(OC2(C(=O)NS(=O)(=O)c3cccc(N4CCC(C)(NC(=O)NC5CC5)CC4)n3)CC2)c1. The van der Waals surface area contributed by atoms with Crippen molar-refractivity contribution in [1.82, 2.24) is 20.3 Å². The number of anilines is 1. The number of carbonyl (C=O) groups is 2. The van der Waals surface area contributed by atoms with Crippen LogP contribution in [0.15, 0.2) is 41.4 Å². The summed E-state index contributed by atoms with van der Waals surface area (Å²) >= 11 is 0. The summed E-state index contributed by atoms with van der Waals surface area (Å²) in [7, 11) is -4.22. The molecule has 1 aliphatic heterocycles. The second-order valence-corrected chi connectivity index (χ2v) is 14.8. The van der Waals surface area contributed by atoms with E-state index in [-0.39, 0.29) is 16.6 Å². The van der Waals surface area contributed by atoms with Crippen LogP contribution in [0.25, 0.3) is 0 Å². The van der Waals surface area contributed by atoms with Crippen LogP contribution in [0.5, 0.6) is 5.75 Å². The number of sulfonamides is 1. The summed E-state index contributed by atoms with van der Waals surface area (Å²) in [5.41, 5.74) is 0.602. The number of amides is 3. The predicted molar refractivity (Wildman–Crippen MR) is 164 cm³/mol. The lowest BCUT2D eigenvalue weighted by atomic mass is 9.83. The Morgan fingerprint density at radius 3 is 2.37 bits per heavy atom. The smallest absolute Gasteiger partial charge is 0.315 e. The molecule has 10 nitrogen and oxygen atoms in total. The van der Waals surface area contributed by atoms with Gasteiger partial charge in [0.25, 0.3) is 15.9 Å². The van der Waals surface area contributed by atoms with Gasteiger partial charge in [-0.05, 0) is 87.6 Å². The van der Waals surface area contributed by atoms with Crippen LogP contribution in [0, 0.1) is 6.92 Å². The van der Waals surface area contributed by atoms with Gasteiger partial charge in [-0.15, -0.1) is 0 Å². The Balaban J connectivity index is 1.10. The molecule has 0 atom stereocenters. The Bertz CT molecular complexity index is 1470. The fourth-order valence-electron chi connectivity index (χ4n) is 6.25. The molecule has 2 aromatic rings. The number of nitrogens with zero attached hydrogens (tertiary/aromatic N) is 2. The highest BCUT2D eigenvalue weighted by Gasteiger charge is 2.54. The summed E-state index contributed by atoms with van der Waals surface area (Å²) in [5, 5.41) is 5.87. The lowest BCUT2D eigenvalue weighted by Gasteiger charge is -2.40. The summed E-state index contributed by atoms with van der Waals surface area (Å²) in [6, 6.07) is 11.1. The van der Waals surface area contributed by atoms with E-state index in [4.69, 9.17) is 4.74 Å². The molecule has 0 radical (unpaired) electrons. The maximum Gasteiger partial charge on any atom is 0.315 e. The highest BCUT2D eigenvalue weighted by molar-refractivity contribution is 7.90. The number of aryl methyl sites for hydroxylation is 1. The third kappa shape index (κ3) is 6.92. The standard InChI is InChI=1S/C32H43N5O5S/c1-22-11-14-25(23-7-4-3-5-8-23)26(21-22)42-32(15-16-32)29(38)36-43(40,41)28-10-6-9-27(34-28)37-19-17-31(2,18-20-37)35-30(39)33-24-12-13-24/h6,9-11,14,21,23-24H,3-5,7-8,12-13,15-20H2,1-2H3,(H,36,38)(H2,33,35,39). The number of piperidine rings is 1. The first-order valence-electron chi connectivity index (χ1n) is 15.7. The van der Waals surface area contributed by atoms with Gasteiger partial charge in [-0.3, -0.25) is 4.79 Å². The highest BCUT2D eigenvalue weighted by atomic mass is 32.2. The van der Waals surface area contributed by atoms with Crippen LogP contribution in [-0.4, -0.2) is 55.6 Å². The second-order valence-electron chi connectivity index (χ2n) is 13.2. The monoisotopic (exact) mass is 609 g/mol. The van der Waals surface area contributed by atoms with Crippen LogP contribution in [0.4, 0.5) is 10.6 Å². The molecule has 0 spiro atoms. The van der Waals surface area contributed by atoms with Crippen LogP contribution in [0.1, 0.15) is 94.6 Å². The maximum absolute atomic E-state index is 13.4. The molecule has 43 heavy (non-hydrogen) atoms. The number of urea groups is 1. The highest BCUT2D eigenvalue weighted by Crippen LogP contribution is 2.45. The quantitative estimate of drug-likeness (QED) is 0.377. The number of nitrogens with one attached hydrogen (secondary N) is 3. The zero-order valence-electron chi connectivity index (χ0n) is 25.2. The minimum Gasteiger partial charge on any atom is -0.477 e. The minimum atomic E-state index is -4.22. The molecular weight excluding hydrogens is 566 g/mol. The molecule has 2 heterocycles. The number of rotatable bonds is 9. The van der Waals surface area contributed by atoms with E-state index < -0.39 is 21.5 Å². The fourth-order valence-corrected chi connectivity index (χ4v) is 7.26. The van der Waals surface area contributed by atoms with Gasteiger partial charge < -0.3 is 20.3 Å². The van der Waals surface area contributed by atoms with Crippen molar-refractivity contribution in [2.45, 2.75) is 113 Å². The van der Waals surface area contributed by atoms with Gasteiger partial charge in [-0.2, -0.15) is 8.42 Å². The molecule has 4 aliphatic rings. The molecule has 3 N–H and O–H groups in total. The first-order chi connectivity index (χ1) is 20.5. The number of aromatic nitrogens is 1. The Hall–Kier alpha value is -3.34. The second kappa shape index (κ2) is 11.6. The third-order valence-electron chi connectivity index (χ3n) is 9.37. The van der Waals surface area contributed by atoms with Crippen LogP contribution < -0.4 is 25.0 Å². The van der Waals surface area contributed by atoms with Gasteiger partial charge >= 0.3 is 6.03 Å². The van der Waals surface area contributed by atoms with Crippen LogP contribution in [0.2, 0.25) is 0 Å². The molecule has 3 aliphatic carbocycles.